The molecule has 1 aromatic rings. The van der Waals surface area contributed by atoms with Crippen LogP contribution in [0.5, 0.6) is 11.5 Å². The van der Waals surface area contributed by atoms with Crippen molar-refractivity contribution in [3.63, 3.8) is 0 Å². The van der Waals surface area contributed by atoms with Gasteiger partial charge in [-0.2, -0.15) is 5.26 Å². The Balaban J connectivity index is 0.00000149. The summed E-state index contributed by atoms with van der Waals surface area (Å²) in [5, 5.41) is 36.8. The van der Waals surface area contributed by atoms with Gasteiger partial charge in [-0.05, 0) is 31.6 Å². The summed E-state index contributed by atoms with van der Waals surface area (Å²) in [5.41, 5.74) is -0.354. The third-order valence-electron chi connectivity index (χ3n) is 2.78. The number of aromatic hydroxyl groups is 2. The van der Waals surface area contributed by atoms with E-state index in [4.69, 9.17) is 5.26 Å². The van der Waals surface area contributed by atoms with Gasteiger partial charge in [-0.3, -0.25) is 14.9 Å². The lowest BCUT2D eigenvalue weighted by atomic mass is 10.1. The summed E-state index contributed by atoms with van der Waals surface area (Å²) in [7, 11) is 0. The normalized spacial score (nSPS) is 9.65. The van der Waals surface area contributed by atoms with E-state index in [1.807, 2.05) is 13.8 Å². The average Bonchev–Trinajstić information content (AvgIpc) is 2.50. The van der Waals surface area contributed by atoms with Crippen LogP contribution in [0.15, 0.2) is 18.2 Å². The van der Waals surface area contributed by atoms with Crippen LogP contribution in [0.1, 0.15) is 26.3 Å². The second-order valence-corrected chi connectivity index (χ2v) is 4.23. The van der Waals surface area contributed by atoms with Crippen molar-refractivity contribution in [3.05, 3.63) is 33.9 Å². The molecule has 0 unspecified atom stereocenters. The maximum Gasteiger partial charge on any atom is 0.315 e. The fourth-order valence-electron chi connectivity index (χ4n) is 1.67. The first-order valence-electron chi connectivity index (χ1n) is 6.80. The van der Waals surface area contributed by atoms with E-state index < -0.39 is 22.1 Å². The molecule has 1 aromatic carbocycles. The molecular formula is C15H19N3O5. The maximum atomic E-state index is 11.7. The van der Waals surface area contributed by atoms with Crippen LogP contribution in [0.4, 0.5) is 5.69 Å². The quantitative estimate of drug-likeness (QED) is 0.371. The first-order valence-corrected chi connectivity index (χ1v) is 6.80. The number of nitro groups is 1. The van der Waals surface area contributed by atoms with Crippen molar-refractivity contribution in [3.8, 4) is 17.6 Å². The van der Waals surface area contributed by atoms with E-state index in [2.05, 4.69) is 0 Å². The van der Waals surface area contributed by atoms with Crippen LogP contribution in [0.25, 0.3) is 6.08 Å². The Bertz CT molecular complexity index is 631. The van der Waals surface area contributed by atoms with Crippen LogP contribution in [-0.2, 0) is 4.79 Å². The van der Waals surface area contributed by atoms with Gasteiger partial charge in [0, 0.05) is 32.2 Å². The number of nitrogens with zero attached hydrogens (tertiary/aromatic N) is 3. The molecule has 0 fully saturated rings. The third-order valence-corrected chi connectivity index (χ3v) is 2.78. The second kappa shape index (κ2) is 9.78. The number of hydrogen-bond acceptors (Lipinski definition) is 6. The predicted molar refractivity (Wildman–Crippen MR) is 84.7 cm³/mol. The summed E-state index contributed by atoms with van der Waals surface area (Å²) in [6, 6.07) is 3.98. The highest BCUT2D eigenvalue weighted by Gasteiger charge is 2.18. The largest absolute Gasteiger partial charge is 0.504 e. The molecule has 0 bridgehead atoms. The standard InChI is InChI=1S/C13H16N2O5.C2H3N/c1-3-14(4-2)12(17)6-5-9-7-10(15(19)20)13(18)11(16)8-9;1-2-3/h5-8,16,18H,3-4H2,1-2H3;1H3/b6-5+;. The molecule has 1 amide bonds. The van der Waals surface area contributed by atoms with Gasteiger partial charge in [0.05, 0.1) is 11.0 Å². The highest BCUT2D eigenvalue weighted by atomic mass is 16.6. The van der Waals surface area contributed by atoms with E-state index in [1.165, 1.54) is 19.1 Å². The van der Waals surface area contributed by atoms with Crippen molar-refractivity contribution in [2.45, 2.75) is 20.8 Å². The number of phenolic OH excluding ortho intramolecular Hbond substituents is 2. The number of carbonyl (C=O) groups is 1. The summed E-state index contributed by atoms with van der Waals surface area (Å²) in [6.07, 6.45) is 2.62. The van der Waals surface area contributed by atoms with Crippen molar-refractivity contribution in [2.75, 3.05) is 13.1 Å². The van der Waals surface area contributed by atoms with Gasteiger partial charge in [0.25, 0.3) is 0 Å². The fraction of sp³-hybridized carbons (Fsp3) is 0.333. The van der Waals surface area contributed by atoms with Crippen LogP contribution < -0.4 is 0 Å². The number of phenols is 2. The SMILES string of the molecule is CC#N.CCN(CC)C(=O)/C=C/c1cc(O)c(O)c([N+](=O)[O-])c1. The topological polar surface area (TPSA) is 128 Å². The molecule has 8 nitrogen and oxygen atoms in total. The van der Waals surface area contributed by atoms with Gasteiger partial charge in [0.2, 0.25) is 11.7 Å². The molecule has 23 heavy (non-hydrogen) atoms. The van der Waals surface area contributed by atoms with Gasteiger partial charge in [0.1, 0.15) is 0 Å². The maximum absolute atomic E-state index is 11.7. The third kappa shape index (κ3) is 6.05. The summed E-state index contributed by atoms with van der Waals surface area (Å²) in [5.74, 6) is -1.62. The smallest absolute Gasteiger partial charge is 0.315 e. The first kappa shape index (κ1) is 19.9. The minimum atomic E-state index is -0.807. The Labute approximate surface area is 134 Å². The monoisotopic (exact) mass is 321 g/mol. The molecule has 0 saturated heterocycles. The van der Waals surface area contributed by atoms with Crippen LogP contribution in [0.3, 0.4) is 0 Å². The minimum absolute atomic E-state index is 0.231. The predicted octanol–water partition coefficient (Wildman–Crippen LogP) is 2.42. The van der Waals surface area contributed by atoms with E-state index in [0.717, 1.165) is 12.1 Å². The summed E-state index contributed by atoms with van der Waals surface area (Å²) >= 11 is 0. The van der Waals surface area contributed by atoms with Crippen LogP contribution in [0, 0.1) is 21.4 Å². The molecule has 0 aromatic heterocycles. The number of carbonyl (C=O) groups excluding carboxylic acids is 1. The molecular weight excluding hydrogens is 302 g/mol. The molecule has 0 aliphatic rings. The molecule has 1 rings (SSSR count). The zero-order chi connectivity index (χ0) is 18.0. The van der Waals surface area contributed by atoms with Gasteiger partial charge >= 0.3 is 5.69 Å². The number of rotatable bonds is 5. The van der Waals surface area contributed by atoms with Gasteiger partial charge < -0.3 is 15.1 Å². The highest BCUT2D eigenvalue weighted by molar-refractivity contribution is 5.92. The molecule has 0 radical (unpaired) electrons. The first-order chi connectivity index (χ1) is 10.8. The van der Waals surface area contributed by atoms with Crippen molar-refractivity contribution < 1.29 is 19.9 Å². The van der Waals surface area contributed by atoms with Crippen molar-refractivity contribution >= 4 is 17.7 Å². The van der Waals surface area contributed by atoms with Crippen molar-refractivity contribution in [2.24, 2.45) is 0 Å². The Morgan fingerprint density at radius 1 is 1.39 bits per heavy atom. The molecule has 0 saturated carbocycles. The Kier molecular flexibility index (Phi) is 8.47. The summed E-state index contributed by atoms with van der Waals surface area (Å²) in [4.78, 5) is 23.2. The highest BCUT2D eigenvalue weighted by Crippen LogP contribution is 2.36. The Morgan fingerprint density at radius 2 is 1.91 bits per heavy atom. The molecule has 0 heterocycles. The molecule has 0 aliphatic heterocycles. The zero-order valence-electron chi connectivity index (χ0n) is 13.2. The zero-order valence-corrected chi connectivity index (χ0v) is 13.2. The van der Waals surface area contributed by atoms with Crippen LogP contribution in [0.2, 0.25) is 0 Å². The lowest BCUT2D eigenvalue weighted by molar-refractivity contribution is -0.386. The summed E-state index contributed by atoms with van der Waals surface area (Å²) in [6.45, 7) is 6.22. The van der Waals surface area contributed by atoms with E-state index in [0.29, 0.717) is 13.1 Å². The van der Waals surface area contributed by atoms with Gasteiger partial charge in [0.15, 0.2) is 5.75 Å². The van der Waals surface area contributed by atoms with Crippen LogP contribution >= 0.6 is 0 Å². The number of nitriles is 1. The molecule has 124 valence electrons. The molecule has 2 N–H and O–H groups in total. The number of hydrogen-bond donors (Lipinski definition) is 2. The van der Waals surface area contributed by atoms with Crippen molar-refractivity contribution in [1.29, 1.82) is 5.26 Å². The minimum Gasteiger partial charge on any atom is -0.504 e. The van der Waals surface area contributed by atoms with Gasteiger partial charge in [-0.1, -0.05) is 0 Å². The van der Waals surface area contributed by atoms with E-state index in [9.17, 15) is 25.1 Å². The average molecular weight is 321 g/mol. The molecule has 0 aliphatic carbocycles. The fourth-order valence-corrected chi connectivity index (χ4v) is 1.67. The van der Waals surface area contributed by atoms with Gasteiger partial charge in [-0.15, -0.1) is 0 Å². The van der Waals surface area contributed by atoms with E-state index in [1.54, 1.807) is 11.0 Å². The van der Waals surface area contributed by atoms with Crippen LogP contribution in [-0.4, -0.2) is 39.0 Å². The molecule has 8 heteroatoms. The number of amides is 1. The molecule has 0 atom stereocenters. The molecule has 0 spiro atoms. The van der Waals surface area contributed by atoms with E-state index >= 15 is 0 Å². The lowest BCUT2D eigenvalue weighted by Gasteiger charge is -2.15. The number of likely N-dealkylation sites (N-methyl/N-ethyl adjacent to an activating group) is 1. The lowest BCUT2D eigenvalue weighted by Crippen LogP contribution is -2.28. The Hall–Kier alpha value is -3.08. The van der Waals surface area contributed by atoms with E-state index in [-0.39, 0.29) is 11.5 Å². The number of benzene rings is 1. The summed E-state index contributed by atoms with van der Waals surface area (Å²) < 4.78 is 0. The van der Waals surface area contributed by atoms with Crippen molar-refractivity contribution in [1.82, 2.24) is 4.90 Å². The van der Waals surface area contributed by atoms with Gasteiger partial charge in [-0.25, -0.2) is 0 Å². The number of nitro benzene ring substituents is 1. The second-order valence-electron chi connectivity index (χ2n) is 4.23. The Morgan fingerprint density at radius 3 is 2.35 bits per heavy atom.